The highest BCUT2D eigenvalue weighted by Crippen LogP contribution is 2.18. The van der Waals surface area contributed by atoms with Crippen LogP contribution < -0.4 is 5.32 Å². The fourth-order valence-corrected chi connectivity index (χ4v) is 4.55. The zero-order chi connectivity index (χ0) is 21.9. The SMILES string of the molecule is Cc1ccc(S(=O)(=O)N(C)CC(=O)NCCCn2c(C)nc3ccccc32)cc1C. The van der Waals surface area contributed by atoms with Crippen LogP contribution in [0.5, 0.6) is 0 Å². The number of hydrogen-bond donors (Lipinski definition) is 1. The van der Waals surface area contributed by atoms with Crippen molar-refractivity contribution in [3.63, 3.8) is 0 Å². The summed E-state index contributed by atoms with van der Waals surface area (Å²) in [5.74, 6) is 0.610. The van der Waals surface area contributed by atoms with E-state index in [2.05, 4.69) is 14.9 Å². The molecule has 0 radical (unpaired) electrons. The van der Waals surface area contributed by atoms with Gasteiger partial charge >= 0.3 is 0 Å². The minimum absolute atomic E-state index is 0.198. The highest BCUT2D eigenvalue weighted by atomic mass is 32.2. The van der Waals surface area contributed by atoms with E-state index in [1.165, 1.54) is 7.05 Å². The second kappa shape index (κ2) is 8.97. The first kappa shape index (κ1) is 22.0. The maximum atomic E-state index is 12.7. The molecular formula is C22H28N4O3S. The topological polar surface area (TPSA) is 84.3 Å². The summed E-state index contributed by atoms with van der Waals surface area (Å²) in [5.41, 5.74) is 3.95. The van der Waals surface area contributed by atoms with Crippen LogP contribution in [-0.2, 0) is 21.4 Å². The molecule has 1 aromatic heterocycles. The summed E-state index contributed by atoms with van der Waals surface area (Å²) in [6.45, 7) is 6.72. The van der Waals surface area contributed by atoms with Crippen LogP contribution in [0.2, 0.25) is 0 Å². The van der Waals surface area contributed by atoms with Gasteiger partial charge in [0.1, 0.15) is 5.82 Å². The molecule has 0 unspecified atom stereocenters. The number of nitrogens with one attached hydrogen (secondary N) is 1. The van der Waals surface area contributed by atoms with E-state index in [4.69, 9.17) is 0 Å². The van der Waals surface area contributed by atoms with Crippen molar-refractivity contribution in [2.45, 2.75) is 38.6 Å². The Labute approximate surface area is 177 Å². The number of amides is 1. The lowest BCUT2D eigenvalue weighted by atomic mass is 10.1. The molecule has 2 aromatic carbocycles. The lowest BCUT2D eigenvalue weighted by Gasteiger charge is -2.17. The summed E-state index contributed by atoms with van der Waals surface area (Å²) < 4.78 is 28.6. The molecule has 0 aliphatic rings. The third kappa shape index (κ3) is 4.71. The van der Waals surface area contributed by atoms with Crippen LogP contribution in [0.1, 0.15) is 23.4 Å². The summed E-state index contributed by atoms with van der Waals surface area (Å²) in [6.07, 6.45) is 0.723. The number of para-hydroxylation sites is 2. The van der Waals surface area contributed by atoms with E-state index in [9.17, 15) is 13.2 Å². The number of fused-ring (bicyclic) bond motifs is 1. The number of aromatic nitrogens is 2. The molecule has 0 bridgehead atoms. The number of benzene rings is 2. The monoisotopic (exact) mass is 428 g/mol. The first-order valence-electron chi connectivity index (χ1n) is 9.92. The van der Waals surface area contributed by atoms with Crippen molar-refractivity contribution in [1.82, 2.24) is 19.2 Å². The molecule has 0 atom stereocenters. The fraction of sp³-hybridized carbons (Fsp3) is 0.364. The highest BCUT2D eigenvalue weighted by molar-refractivity contribution is 7.89. The Bertz CT molecular complexity index is 1170. The first-order valence-corrected chi connectivity index (χ1v) is 11.4. The summed E-state index contributed by atoms with van der Waals surface area (Å²) >= 11 is 0. The Morgan fingerprint density at radius 2 is 1.83 bits per heavy atom. The van der Waals surface area contributed by atoms with Crippen LogP contribution in [-0.4, -0.2) is 48.3 Å². The summed E-state index contributed by atoms with van der Waals surface area (Å²) in [7, 11) is -2.29. The Balaban J connectivity index is 1.52. The van der Waals surface area contributed by atoms with Gasteiger partial charge in [0, 0.05) is 20.1 Å². The second-order valence-electron chi connectivity index (χ2n) is 7.51. The van der Waals surface area contributed by atoms with Crippen LogP contribution in [0.15, 0.2) is 47.4 Å². The summed E-state index contributed by atoms with van der Waals surface area (Å²) in [5, 5.41) is 2.81. The van der Waals surface area contributed by atoms with Crippen molar-refractivity contribution in [3.05, 3.63) is 59.4 Å². The molecule has 0 aliphatic carbocycles. The third-order valence-electron chi connectivity index (χ3n) is 5.28. The minimum Gasteiger partial charge on any atom is -0.355 e. The van der Waals surface area contributed by atoms with Crippen LogP contribution >= 0.6 is 0 Å². The van der Waals surface area contributed by atoms with Gasteiger partial charge in [-0.05, 0) is 62.6 Å². The van der Waals surface area contributed by atoms with Crippen molar-refractivity contribution in [2.24, 2.45) is 0 Å². The van der Waals surface area contributed by atoms with Gasteiger partial charge in [-0.3, -0.25) is 4.79 Å². The average Bonchev–Trinajstić information content (AvgIpc) is 3.02. The van der Waals surface area contributed by atoms with Gasteiger partial charge in [0.25, 0.3) is 0 Å². The number of likely N-dealkylation sites (N-methyl/N-ethyl adjacent to an activating group) is 1. The van der Waals surface area contributed by atoms with Crippen LogP contribution in [0, 0.1) is 20.8 Å². The smallest absolute Gasteiger partial charge is 0.243 e. The van der Waals surface area contributed by atoms with Crippen molar-refractivity contribution >= 4 is 27.0 Å². The maximum absolute atomic E-state index is 12.7. The molecule has 7 nitrogen and oxygen atoms in total. The van der Waals surface area contributed by atoms with Gasteiger partial charge in [-0.25, -0.2) is 13.4 Å². The molecule has 0 saturated heterocycles. The Morgan fingerprint density at radius 3 is 2.57 bits per heavy atom. The molecule has 3 rings (SSSR count). The molecule has 160 valence electrons. The van der Waals surface area contributed by atoms with Crippen LogP contribution in [0.3, 0.4) is 0 Å². The molecule has 1 amide bonds. The van der Waals surface area contributed by atoms with Crippen molar-refractivity contribution in [1.29, 1.82) is 0 Å². The number of hydrogen-bond acceptors (Lipinski definition) is 4. The molecule has 0 saturated carbocycles. The van der Waals surface area contributed by atoms with Gasteiger partial charge in [0.2, 0.25) is 15.9 Å². The van der Waals surface area contributed by atoms with Gasteiger partial charge in [0.05, 0.1) is 22.5 Å². The number of carbonyl (C=O) groups is 1. The van der Waals surface area contributed by atoms with Gasteiger partial charge in [0.15, 0.2) is 0 Å². The Hall–Kier alpha value is -2.71. The molecule has 0 spiro atoms. The number of sulfonamides is 1. The number of carbonyl (C=O) groups excluding carboxylic acids is 1. The second-order valence-corrected chi connectivity index (χ2v) is 9.55. The molecule has 8 heteroatoms. The van der Waals surface area contributed by atoms with Crippen molar-refractivity contribution in [2.75, 3.05) is 20.1 Å². The lowest BCUT2D eigenvalue weighted by molar-refractivity contribution is -0.121. The van der Waals surface area contributed by atoms with Gasteiger partial charge in [-0.1, -0.05) is 18.2 Å². The maximum Gasteiger partial charge on any atom is 0.243 e. The molecular weight excluding hydrogens is 400 g/mol. The van der Waals surface area contributed by atoms with E-state index in [0.717, 1.165) is 45.3 Å². The highest BCUT2D eigenvalue weighted by Gasteiger charge is 2.23. The van der Waals surface area contributed by atoms with Gasteiger partial charge in [-0.2, -0.15) is 4.31 Å². The van der Waals surface area contributed by atoms with E-state index >= 15 is 0 Å². The number of imidazole rings is 1. The predicted molar refractivity (Wildman–Crippen MR) is 118 cm³/mol. The summed E-state index contributed by atoms with van der Waals surface area (Å²) in [6, 6.07) is 12.9. The standard InChI is InChI=1S/C22H28N4O3S/c1-16-10-11-19(14-17(16)2)30(28,29)25(4)15-22(27)23-12-7-13-26-18(3)24-20-8-5-6-9-21(20)26/h5-6,8-11,14H,7,12-13,15H2,1-4H3,(H,23,27). The quantitative estimate of drug-likeness (QED) is 0.559. The first-order chi connectivity index (χ1) is 14.2. The molecule has 1 N–H and O–H groups in total. The van der Waals surface area contributed by atoms with E-state index < -0.39 is 10.0 Å². The van der Waals surface area contributed by atoms with E-state index in [-0.39, 0.29) is 17.3 Å². The van der Waals surface area contributed by atoms with E-state index in [1.807, 2.05) is 45.0 Å². The van der Waals surface area contributed by atoms with Gasteiger partial charge < -0.3 is 9.88 Å². The molecule has 0 fully saturated rings. The number of nitrogens with zero attached hydrogens (tertiary/aromatic N) is 3. The molecule has 3 aromatic rings. The summed E-state index contributed by atoms with van der Waals surface area (Å²) in [4.78, 5) is 17.0. The third-order valence-corrected chi connectivity index (χ3v) is 7.08. The zero-order valence-corrected chi connectivity index (χ0v) is 18.7. The van der Waals surface area contributed by atoms with E-state index in [1.54, 1.807) is 18.2 Å². The normalized spacial score (nSPS) is 11.9. The zero-order valence-electron chi connectivity index (χ0n) is 17.8. The fourth-order valence-electron chi connectivity index (χ4n) is 3.34. The van der Waals surface area contributed by atoms with Crippen molar-refractivity contribution < 1.29 is 13.2 Å². The Kier molecular flexibility index (Phi) is 6.58. The van der Waals surface area contributed by atoms with Crippen LogP contribution in [0.25, 0.3) is 11.0 Å². The minimum atomic E-state index is -3.71. The number of aryl methyl sites for hydroxylation is 4. The molecule has 30 heavy (non-hydrogen) atoms. The van der Waals surface area contributed by atoms with Crippen LogP contribution in [0.4, 0.5) is 0 Å². The largest absolute Gasteiger partial charge is 0.355 e. The average molecular weight is 429 g/mol. The number of rotatable bonds is 8. The van der Waals surface area contributed by atoms with E-state index in [0.29, 0.717) is 6.54 Å². The molecule has 0 aliphatic heterocycles. The Morgan fingerprint density at radius 1 is 1.10 bits per heavy atom. The van der Waals surface area contributed by atoms with Gasteiger partial charge in [-0.15, -0.1) is 0 Å². The van der Waals surface area contributed by atoms with Crippen molar-refractivity contribution in [3.8, 4) is 0 Å². The lowest BCUT2D eigenvalue weighted by Crippen LogP contribution is -2.38. The molecule has 1 heterocycles. The predicted octanol–water partition coefficient (Wildman–Crippen LogP) is 2.79.